The third-order valence-electron chi connectivity index (χ3n) is 7.99. The zero-order valence-electron chi connectivity index (χ0n) is 28.1. The van der Waals surface area contributed by atoms with Crippen molar-refractivity contribution >= 4 is 28.3 Å². The van der Waals surface area contributed by atoms with Gasteiger partial charge in [-0.2, -0.15) is 13.2 Å². The second kappa shape index (κ2) is 16.6. The van der Waals surface area contributed by atoms with Crippen LogP contribution >= 0.6 is 11.3 Å². The summed E-state index contributed by atoms with van der Waals surface area (Å²) in [4.78, 5) is 13.4. The molecule has 2 heterocycles. The van der Waals surface area contributed by atoms with Crippen LogP contribution in [0.15, 0.2) is 34.7 Å². The molecule has 3 unspecified atom stereocenters. The van der Waals surface area contributed by atoms with Gasteiger partial charge in [-0.1, -0.05) is 19.8 Å². The van der Waals surface area contributed by atoms with E-state index in [0.29, 0.717) is 47.3 Å². The Morgan fingerprint density at radius 3 is 2.21 bits per heavy atom. The highest BCUT2D eigenvalue weighted by molar-refractivity contribution is 7.15. The van der Waals surface area contributed by atoms with Crippen LogP contribution in [-0.4, -0.2) is 52.7 Å². The molecule has 0 fully saturated rings. The van der Waals surface area contributed by atoms with Crippen LogP contribution in [0.25, 0.3) is 21.6 Å². The van der Waals surface area contributed by atoms with Crippen molar-refractivity contribution in [2.24, 2.45) is 17.4 Å². The van der Waals surface area contributed by atoms with Gasteiger partial charge in [-0.3, -0.25) is 4.79 Å². The Hall–Kier alpha value is -2.64. The summed E-state index contributed by atoms with van der Waals surface area (Å²) in [5.74, 6) is -0.359. The lowest BCUT2D eigenvalue weighted by molar-refractivity contribution is -0.152. The van der Waals surface area contributed by atoms with Gasteiger partial charge < -0.3 is 35.6 Å². The number of ether oxygens (including phenoxy) is 2. The minimum atomic E-state index is -4.49. The SMILES string of the molecule is CCCCCc1cc(C(F)(F)F)c(-c2cc3ccc(OCCCC(O)C(O)CCCOC(=O)C(CC(C)(C)N)C(C)(C)N)cc3o2)s1. The van der Waals surface area contributed by atoms with E-state index in [9.17, 15) is 28.2 Å². The molecule has 264 valence electrons. The number of carbonyl (C=O) groups is 1. The molecule has 0 aliphatic rings. The molecule has 2 aromatic heterocycles. The van der Waals surface area contributed by atoms with Crippen LogP contribution in [0.2, 0.25) is 0 Å². The fraction of sp³-hybridized carbons (Fsp3) is 0.629. The van der Waals surface area contributed by atoms with Gasteiger partial charge >= 0.3 is 12.1 Å². The van der Waals surface area contributed by atoms with Crippen LogP contribution in [0.5, 0.6) is 5.75 Å². The number of halogens is 3. The number of nitrogens with two attached hydrogens (primary N) is 2. The summed E-state index contributed by atoms with van der Waals surface area (Å²) in [5.41, 5.74) is 10.6. The number of rotatable bonds is 19. The Labute approximate surface area is 279 Å². The van der Waals surface area contributed by atoms with Crippen LogP contribution in [0.1, 0.15) is 96.4 Å². The molecule has 0 aliphatic heterocycles. The molecule has 0 bridgehead atoms. The molecular weight excluding hydrogens is 633 g/mol. The van der Waals surface area contributed by atoms with E-state index >= 15 is 0 Å². The molecule has 3 rings (SSSR count). The number of thiophene rings is 1. The molecule has 0 radical (unpaired) electrons. The first-order valence-electron chi connectivity index (χ1n) is 16.4. The molecule has 3 atom stereocenters. The van der Waals surface area contributed by atoms with Gasteiger partial charge in [-0.25, -0.2) is 0 Å². The first-order chi connectivity index (χ1) is 21.9. The summed E-state index contributed by atoms with van der Waals surface area (Å²) in [6, 6.07) is 7.95. The lowest BCUT2D eigenvalue weighted by Crippen LogP contribution is -2.50. The summed E-state index contributed by atoms with van der Waals surface area (Å²) in [6.07, 6.45) is -1.37. The number of aliphatic hydroxyl groups excluding tert-OH is 2. The lowest BCUT2D eigenvalue weighted by atomic mass is 9.80. The fourth-order valence-corrected chi connectivity index (χ4v) is 6.50. The van der Waals surface area contributed by atoms with Crippen molar-refractivity contribution in [3.8, 4) is 16.4 Å². The topological polar surface area (TPSA) is 141 Å². The van der Waals surface area contributed by atoms with Gasteiger partial charge in [0.05, 0.1) is 41.8 Å². The molecule has 3 aromatic rings. The molecule has 47 heavy (non-hydrogen) atoms. The number of hydrogen-bond acceptors (Lipinski definition) is 9. The van der Waals surface area contributed by atoms with Gasteiger partial charge in [0.2, 0.25) is 0 Å². The number of aliphatic hydroxyl groups is 2. The van der Waals surface area contributed by atoms with Gasteiger partial charge in [0.15, 0.2) is 0 Å². The van der Waals surface area contributed by atoms with E-state index in [2.05, 4.69) is 6.92 Å². The number of furan rings is 1. The van der Waals surface area contributed by atoms with Gasteiger partial charge in [0.25, 0.3) is 0 Å². The van der Waals surface area contributed by atoms with E-state index in [0.717, 1.165) is 30.6 Å². The van der Waals surface area contributed by atoms with Crippen LogP contribution < -0.4 is 16.2 Å². The summed E-state index contributed by atoms with van der Waals surface area (Å²) >= 11 is 1.12. The van der Waals surface area contributed by atoms with Gasteiger partial charge in [-0.15, -0.1) is 11.3 Å². The Kier molecular flexibility index (Phi) is 13.7. The quantitative estimate of drug-likeness (QED) is 0.0748. The van der Waals surface area contributed by atoms with Crippen molar-refractivity contribution < 1.29 is 42.1 Å². The van der Waals surface area contributed by atoms with Crippen LogP contribution in [-0.2, 0) is 22.1 Å². The smallest absolute Gasteiger partial charge is 0.417 e. The third kappa shape index (κ3) is 12.1. The number of unbranched alkanes of at least 4 members (excludes halogenated alkanes) is 2. The van der Waals surface area contributed by atoms with Gasteiger partial charge in [0, 0.05) is 27.4 Å². The van der Waals surface area contributed by atoms with Crippen LogP contribution in [0.3, 0.4) is 0 Å². The van der Waals surface area contributed by atoms with E-state index in [1.54, 1.807) is 38.1 Å². The first-order valence-corrected chi connectivity index (χ1v) is 17.2. The fourth-order valence-electron chi connectivity index (χ4n) is 5.33. The van der Waals surface area contributed by atoms with Crippen molar-refractivity contribution in [3.63, 3.8) is 0 Å². The molecule has 0 saturated heterocycles. The maximum Gasteiger partial charge on any atom is 0.417 e. The normalized spacial score (nSPS) is 14.7. The maximum absolute atomic E-state index is 13.8. The summed E-state index contributed by atoms with van der Waals surface area (Å²) in [6.45, 7) is 9.55. The molecule has 6 N–H and O–H groups in total. The van der Waals surface area contributed by atoms with Crippen molar-refractivity contribution in [3.05, 3.63) is 40.8 Å². The predicted molar refractivity (Wildman–Crippen MR) is 179 cm³/mol. The van der Waals surface area contributed by atoms with Gasteiger partial charge in [0.1, 0.15) is 17.1 Å². The number of carbonyl (C=O) groups excluding carboxylic acids is 1. The average molecular weight is 685 g/mol. The Bertz CT molecular complexity index is 1420. The molecule has 0 spiro atoms. The molecular formula is C35H51F3N2O6S. The number of alkyl halides is 3. The van der Waals surface area contributed by atoms with Crippen LogP contribution in [0, 0.1) is 5.92 Å². The molecule has 12 heteroatoms. The molecule has 1 aromatic carbocycles. The highest BCUT2D eigenvalue weighted by Crippen LogP contribution is 2.44. The number of aryl methyl sites for hydroxylation is 1. The number of benzene rings is 1. The second-order valence-corrected chi connectivity index (χ2v) is 14.9. The minimum Gasteiger partial charge on any atom is -0.493 e. The Morgan fingerprint density at radius 1 is 0.957 bits per heavy atom. The van der Waals surface area contributed by atoms with E-state index in [4.69, 9.17) is 25.4 Å². The summed E-state index contributed by atoms with van der Waals surface area (Å²) in [5, 5.41) is 21.4. The van der Waals surface area contributed by atoms with E-state index < -0.39 is 46.9 Å². The summed E-state index contributed by atoms with van der Waals surface area (Å²) < 4.78 is 58.6. The van der Waals surface area contributed by atoms with E-state index in [1.807, 2.05) is 13.8 Å². The lowest BCUT2D eigenvalue weighted by Gasteiger charge is -2.33. The second-order valence-electron chi connectivity index (χ2n) is 13.7. The number of fused-ring (bicyclic) bond motifs is 1. The zero-order valence-corrected chi connectivity index (χ0v) is 28.9. The van der Waals surface area contributed by atoms with Crippen molar-refractivity contribution in [2.45, 2.75) is 122 Å². The number of esters is 1. The third-order valence-corrected chi connectivity index (χ3v) is 9.20. The monoisotopic (exact) mass is 684 g/mol. The molecule has 0 amide bonds. The van der Waals surface area contributed by atoms with Gasteiger partial charge in [-0.05, 0) is 96.9 Å². The minimum absolute atomic E-state index is 0.0766. The number of hydrogen-bond donors (Lipinski definition) is 4. The average Bonchev–Trinajstić information content (AvgIpc) is 3.59. The molecule has 0 aliphatic carbocycles. The zero-order chi connectivity index (χ0) is 35.0. The van der Waals surface area contributed by atoms with Crippen molar-refractivity contribution in [2.75, 3.05) is 13.2 Å². The Balaban J connectivity index is 1.47. The predicted octanol–water partition coefficient (Wildman–Crippen LogP) is 7.60. The Morgan fingerprint density at radius 2 is 1.62 bits per heavy atom. The molecule has 0 saturated carbocycles. The maximum atomic E-state index is 13.8. The highest BCUT2D eigenvalue weighted by atomic mass is 32.1. The standard InChI is InChI=1S/C35H51F3N2O6S/c1-6-7-8-11-24-20-25(35(36,37)38)31(47-24)30-18-22-14-15-23(19-29(22)46-30)44-16-9-12-27(41)28(42)13-10-17-45-32(43)26(34(4,5)40)21-33(2,3)39/h14-15,18-20,26-28,41-42H,6-13,16-17,21,39-40H2,1-5H3. The highest BCUT2D eigenvalue weighted by Gasteiger charge is 2.37. The first kappa shape index (κ1) is 38.8. The van der Waals surface area contributed by atoms with Crippen molar-refractivity contribution in [1.29, 1.82) is 0 Å². The van der Waals surface area contributed by atoms with E-state index in [1.165, 1.54) is 6.07 Å². The molecule has 8 nitrogen and oxygen atoms in total. The summed E-state index contributed by atoms with van der Waals surface area (Å²) in [7, 11) is 0. The largest absolute Gasteiger partial charge is 0.493 e. The van der Waals surface area contributed by atoms with Crippen molar-refractivity contribution in [1.82, 2.24) is 0 Å². The van der Waals surface area contributed by atoms with Crippen LogP contribution in [0.4, 0.5) is 13.2 Å². The van der Waals surface area contributed by atoms with E-state index in [-0.39, 0.29) is 36.7 Å².